The molecule has 2 nitrogen and oxygen atoms in total. The quantitative estimate of drug-likeness (QED) is 0.790. The van der Waals surface area contributed by atoms with E-state index < -0.39 is 0 Å². The van der Waals surface area contributed by atoms with Gasteiger partial charge in [0.05, 0.1) is 0 Å². The van der Waals surface area contributed by atoms with E-state index in [4.69, 9.17) is 0 Å². The maximum absolute atomic E-state index is 2.79. The summed E-state index contributed by atoms with van der Waals surface area (Å²) in [4.78, 5) is 5.38. The molecule has 1 aliphatic heterocycles. The summed E-state index contributed by atoms with van der Waals surface area (Å²) in [7, 11) is 2.31. The van der Waals surface area contributed by atoms with E-state index in [-0.39, 0.29) is 0 Å². The van der Waals surface area contributed by atoms with E-state index in [0.717, 1.165) is 5.92 Å². The SMILES string of the molecule is CC(C)N(C)[C@@H]1CCN(CC2CC2)[C@H]1Cc1ccccc1. The minimum Gasteiger partial charge on any atom is -0.299 e. The highest BCUT2D eigenvalue weighted by atomic mass is 15.3. The summed E-state index contributed by atoms with van der Waals surface area (Å²) in [5.41, 5.74) is 1.49. The zero-order valence-corrected chi connectivity index (χ0v) is 13.8. The van der Waals surface area contributed by atoms with Crippen molar-refractivity contribution in [2.75, 3.05) is 20.1 Å². The predicted octanol–water partition coefficient (Wildman–Crippen LogP) is 3.42. The standard InChI is InChI=1S/C19H30N2/c1-15(2)20(3)18-11-12-21(14-17-9-10-17)19(18)13-16-7-5-4-6-8-16/h4-8,15,17-19H,9-14H2,1-3H3/t18-,19+/m1/s1. The maximum atomic E-state index is 2.79. The van der Waals surface area contributed by atoms with Gasteiger partial charge in [-0.3, -0.25) is 9.80 Å². The van der Waals surface area contributed by atoms with Crippen molar-refractivity contribution >= 4 is 0 Å². The largest absolute Gasteiger partial charge is 0.299 e. The molecule has 2 fully saturated rings. The van der Waals surface area contributed by atoms with Crippen LogP contribution >= 0.6 is 0 Å². The summed E-state index contributed by atoms with van der Waals surface area (Å²) in [5, 5.41) is 0. The molecular weight excluding hydrogens is 256 g/mol. The number of nitrogens with zero attached hydrogens (tertiary/aromatic N) is 2. The lowest BCUT2D eigenvalue weighted by atomic mass is 9.98. The van der Waals surface area contributed by atoms with Gasteiger partial charge < -0.3 is 0 Å². The zero-order chi connectivity index (χ0) is 14.8. The van der Waals surface area contributed by atoms with Gasteiger partial charge in [-0.05, 0) is 58.1 Å². The molecular formula is C19H30N2. The van der Waals surface area contributed by atoms with E-state index in [0.29, 0.717) is 18.1 Å². The van der Waals surface area contributed by atoms with Gasteiger partial charge in [-0.2, -0.15) is 0 Å². The van der Waals surface area contributed by atoms with Crippen molar-refractivity contribution in [2.24, 2.45) is 5.92 Å². The molecule has 1 aliphatic carbocycles. The molecule has 2 aliphatic rings. The fraction of sp³-hybridized carbons (Fsp3) is 0.684. The van der Waals surface area contributed by atoms with E-state index in [1.807, 2.05) is 0 Å². The Bertz CT molecular complexity index is 438. The zero-order valence-electron chi connectivity index (χ0n) is 13.8. The molecule has 0 radical (unpaired) electrons. The fourth-order valence-electron chi connectivity index (χ4n) is 3.74. The van der Waals surface area contributed by atoms with Gasteiger partial charge in [-0.25, -0.2) is 0 Å². The molecule has 0 amide bonds. The number of hydrogen-bond donors (Lipinski definition) is 0. The highest BCUT2D eigenvalue weighted by Gasteiger charge is 2.39. The lowest BCUT2D eigenvalue weighted by molar-refractivity contribution is 0.136. The van der Waals surface area contributed by atoms with E-state index in [2.05, 4.69) is 61.0 Å². The predicted molar refractivity (Wildman–Crippen MR) is 89.5 cm³/mol. The van der Waals surface area contributed by atoms with Gasteiger partial charge in [0.1, 0.15) is 0 Å². The van der Waals surface area contributed by atoms with E-state index in [1.54, 1.807) is 0 Å². The first-order valence-electron chi connectivity index (χ1n) is 8.65. The van der Waals surface area contributed by atoms with Gasteiger partial charge >= 0.3 is 0 Å². The van der Waals surface area contributed by atoms with Gasteiger partial charge in [0.25, 0.3) is 0 Å². The van der Waals surface area contributed by atoms with Gasteiger partial charge in [0.2, 0.25) is 0 Å². The number of likely N-dealkylation sites (N-methyl/N-ethyl adjacent to an activating group) is 1. The topological polar surface area (TPSA) is 6.48 Å². The third-order valence-corrected chi connectivity index (χ3v) is 5.44. The molecule has 21 heavy (non-hydrogen) atoms. The monoisotopic (exact) mass is 286 g/mol. The second-order valence-electron chi connectivity index (χ2n) is 7.31. The molecule has 1 heterocycles. The van der Waals surface area contributed by atoms with Crippen LogP contribution in [0.25, 0.3) is 0 Å². The number of benzene rings is 1. The Balaban J connectivity index is 1.73. The van der Waals surface area contributed by atoms with Crippen LogP contribution in [0, 0.1) is 5.92 Å². The second kappa shape index (κ2) is 6.50. The van der Waals surface area contributed by atoms with Crippen molar-refractivity contribution in [2.45, 2.75) is 57.7 Å². The molecule has 1 aromatic carbocycles. The van der Waals surface area contributed by atoms with Crippen LogP contribution in [0.3, 0.4) is 0 Å². The molecule has 0 spiro atoms. The second-order valence-corrected chi connectivity index (χ2v) is 7.31. The summed E-state index contributed by atoms with van der Waals surface area (Å²) in [6.45, 7) is 7.27. The fourth-order valence-corrected chi connectivity index (χ4v) is 3.74. The Morgan fingerprint density at radius 2 is 1.86 bits per heavy atom. The summed E-state index contributed by atoms with van der Waals surface area (Å²) in [6, 6.07) is 13.1. The normalized spacial score (nSPS) is 26.9. The first-order chi connectivity index (χ1) is 10.1. The molecule has 1 aromatic rings. The van der Waals surface area contributed by atoms with Gasteiger partial charge in [-0.1, -0.05) is 30.3 Å². The minimum absolute atomic E-state index is 0.633. The lowest BCUT2D eigenvalue weighted by Gasteiger charge is -2.35. The Hall–Kier alpha value is -0.860. The number of rotatable bonds is 6. The van der Waals surface area contributed by atoms with Crippen LogP contribution in [0.2, 0.25) is 0 Å². The smallest absolute Gasteiger partial charge is 0.0292 e. The van der Waals surface area contributed by atoms with E-state index in [9.17, 15) is 0 Å². The van der Waals surface area contributed by atoms with Crippen molar-refractivity contribution in [3.05, 3.63) is 35.9 Å². The Morgan fingerprint density at radius 3 is 2.48 bits per heavy atom. The molecule has 116 valence electrons. The molecule has 2 atom stereocenters. The molecule has 0 bridgehead atoms. The van der Waals surface area contributed by atoms with E-state index >= 15 is 0 Å². The summed E-state index contributed by atoms with van der Waals surface area (Å²) < 4.78 is 0. The first kappa shape index (κ1) is 15.1. The highest BCUT2D eigenvalue weighted by molar-refractivity contribution is 5.17. The average molecular weight is 286 g/mol. The number of hydrogen-bond acceptors (Lipinski definition) is 2. The van der Waals surface area contributed by atoms with Crippen molar-refractivity contribution in [3.63, 3.8) is 0 Å². The van der Waals surface area contributed by atoms with Crippen LogP contribution < -0.4 is 0 Å². The molecule has 0 N–H and O–H groups in total. The summed E-state index contributed by atoms with van der Waals surface area (Å²) in [5.74, 6) is 0.992. The third kappa shape index (κ3) is 3.67. The first-order valence-corrected chi connectivity index (χ1v) is 8.65. The van der Waals surface area contributed by atoms with Crippen LogP contribution in [0.5, 0.6) is 0 Å². The Morgan fingerprint density at radius 1 is 1.14 bits per heavy atom. The molecule has 1 saturated carbocycles. The highest BCUT2D eigenvalue weighted by Crippen LogP contribution is 2.34. The summed E-state index contributed by atoms with van der Waals surface area (Å²) >= 11 is 0. The van der Waals surface area contributed by atoms with Crippen molar-refractivity contribution in [3.8, 4) is 0 Å². The van der Waals surface area contributed by atoms with Gasteiger partial charge in [0.15, 0.2) is 0 Å². The molecule has 0 unspecified atom stereocenters. The van der Waals surface area contributed by atoms with Crippen molar-refractivity contribution in [1.82, 2.24) is 9.80 Å². The maximum Gasteiger partial charge on any atom is 0.0292 e. The van der Waals surface area contributed by atoms with E-state index in [1.165, 1.54) is 44.3 Å². The van der Waals surface area contributed by atoms with Crippen LogP contribution in [0.4, 0.5) is 0 Å². The van der Waals surface area contributed by atoms with Crippen molar-refractivity contribution in [1.29, 1.82) is 0 Å². The Labute approximate surface area is 130 Å². The third-order valence-electron chi connectivity index (χ3n) is 5.44. The summed E-state index contributed by atoms with van der Waals surface area (Å²) in [6.07, 6.45) is 5.45. The molecule has 1 saturated heterocycles. The molecule has 3 rings (SSSR count). The van der Waals surface area contributed by atoms with Gasteiger partial charge in [0, 0.05) is 31.2 Å². The average Bonchev–Trinajstić information content (AvgIpc) is 3.22. The lowest BCUT2D eigenvalue weighted by Crippen LogP contribution is -2.47. The van der Waals surface area contributed by atoms with Crippen LogP contribution in [0.1, 0.15) is 38.7 Å². The molecule has 2 heteroatoms. The van der Waals surface area contributed by atoms with Crippen LogP contribution in [-0.4, -0.2) is 48.1 Å². The van der Waals surface area contributed by atoms with Gasteiger partial charge in [-0.15, -0.1) is 0 Å². The van der Waals surface area contributed by atoms with Crippen LogP contribution in [0.15, 0.2) is 30.3 Å². The molecule has 0 aromatic heterocycles. The number of likely N-dealkylation sites (tertiary alicyclic amines) is 1. The van der Waals surface area contributed by atoms with Crippen LogP contribution in [-0.2, 0) is 6.42 Å². The Kier molecular flexibility index (Phi) is 4.66. The van der Waals surface area contributed by atoms with Crippen molar-refractivity contribution < 1.29 is 0 Å². The minimum atomic E-state index is 0.633.